The van der Waals surface area contributed by atoms with E-state index >= 15 is 0 Å². The number of hydrogen-bond acceptors (Lipinski definition) is 3. The van der Waals surface area contributed by atoms with Gasteiger partial charge in [0.2, 0.25) is 0 Å². The molecule has 0 amide bonds. The van der Waals surface area contributed by atoms with Gasteiger partial charge in [-0.05, 0) is 53.6 Å². The topological polar surface area (TPSA) is 48.5 Å². The van der Waals surface area contributed by atoms with E-state index in [0.29, 0.717) is 17.5 Å². The third-order valence-corrected chi connectivity index (χ3v) is 10.7. The Hall–Kier alpha value is -7.63. The van der Waals surface area contributed by atoms with Crippen LogP contribution in [0.15, 0.2) is 200 Å². The van der Waals surface area contributed by atoms with Gasteiger partial charge >= 0.3 is 0 Å². The summed E-state index contributed by atoms with van der Waals surface area (Å²) in [6, 6.07) is 70.3. The van der Waals surface area contributed by atoms with Crippen molar-refractivity contribution in [3.05, 3.63) is 200 Å². The molecule has 0 aliphatic rings. The summed E-state index contributed by atoms with van der Waals surface area (Å²) in [5, 5.41) is 4.84. The SMILES string of the molecule is c1ccc(-c2cccc(-c3nc(-c4ccccc4)nc(-c4cccc(-n5c6ccccc6c6ccc7c8ccccc8n(-c8ccccc8)c7c65)c4)n3)c2)cc1. The maximum absolute atomic E-state index is 5.18. The molecule has 0 saturated heterocycles. The summed E-state index contributed by atoms with van der Waals surface area (Å²) in [5.74, 6) is 1.88. The summed E-state index contributed by atoms with van der Waals surface area (Å²) in [5.41, 5.74) is 11.8. The van der Waals surface area contributed by atoms with Crippen molar-refractivity contribution in [2.45, 2.75) is 0 Å². The molecule has 0 fully saturated rings. The van der Waals surface area contributed by atoms with Gasteiger partial charge < -0.3 is 9.13 Å². The zero-order valence-corrected chi connectivity index (χ0v) is 30.3. The zero-order chi connectivity index (χ0) is 37.0. The van der Waals surface area contributed by atoms with Gasteiger partial charge in [0.15, 0.2) is 17.5 Å². The van der Waals surface area contributed by atoms with Crippen LogP contribution in [0.3, 0.4) is 0 Å². The van der Waals surface area contributed by atoms with Crippen LogP contribution in [0.1, 0.15) is 0 Å². The number of nitrogens with zero attached hydrogens (tertiary/aromatic N) is 5. The normalized spacial score (nSPS) is 11.6. The van der Waals surface area contributed by atoms with E-state index in [1.54, 1.807) is 0 Å². The fraction of sp³-hybridized carbons (Fsp3) is 0. The lowest BCUT2D eigenvalue weighted by atomic mass is 10.0. The summed E-state index contributed by atoms with van der Waals surface area (Å²) in [7, 11) is 0. The molecule has 262 valence electrons. The number of fused-ring (bicyclic) bond motifs is 7. The lowest BCUT2D eigenvalue weighted by Gasteiger charge is -2.14. The molecule has 0 aliphatic carbocycles. The van der Waals surface area contributed by atoms with E-state index in [4.69, 9.17) is 15.0 Å². The number of rotatable bonds is 6. The minimum atomic E-state index is 0.616. The molecule has 8 aromatic carbocycles. The van der Waals surface area contributed by atoms with Crippen LogP contribution in [-0.4, -0.2) is 24.1 Å². The van der Waals surface area contributed by atoms with Gasteiger partial charge in [0.1, 0.15) is 0 Å². The van der Waals surface area contributed by atoms with Crippen LogP contribution in [0.2, 0.25) is 0 Å². The number of para-hydroxylation sites is 3. The Bertz CT molecular complexity index is 3240. The molecule has 0 radical (unpaired) electrons. The maximum atomic E-state index is 5.18. The number of aromatic nitrogens is 5. The predicted molar refractivity (Wildman–Crippen MR) is 230 cm³/mol. The van der Waals surface area contributed by atoms with Gasteiger partial charge in [-0.1, -0.05) is 158 Å². The molecule has 5 heteroatoms. The summed E-state index contributed by atoms with van der Waals surface area (Å²) >= 11 is 0. The van der Waals surface area contributed by atoms with Crippen LogP contribution in [0.4, 0.5) is 0 Å². The molecule has 11 aromatic rings. The highest BCUT2D eigenvalue weighted by Gasteiger charge is 2.22. The van der Waals surface area contributed by atoms with Crippen LogP contribution < -0.4 is 0 Å². The highest BCUT2D eigenvalue weighted by atomic mass is 15.1. The summed E-state index contributed by atoms with van der Waals surface area (Å²) in [6.45, 7) is 0. The van der Waals surface area contributed by atoms with Gasteiger partial charge in [-0.2, -0.15) is 0 Å². The first kappa shape index (κ1) is 31.9. The van der Waals surface area contributed by atoms with Crippen LogP contribution in [0.25, 0.3) is 100 Å². The van der Waals surface area contributed by atoms with Gasteiger partial charge in [-0.3, -0.25) is 0 Å². The molecular weight excluding hydrogens is 683 g/mol. The van der Waals surface area contributed by atoms with Crippen molar-refractivity contribution in [1.29, 1.82) is 0 Å². The quantitative estimate of drug-likeness (QED) is 0.172. The molecule has 3 heterocycles. The van der Waals surface area contributed by atoms with E-state index in [-0.39, 0.29) is 0 Å². The van der Waals surface area contributed by atoms with Crippen molar-refractivity contribution in [2.24, 2.45) is 0 Å². The lowest BCUT2D eigenvalue weighted by molar-refractivity contribution is 1.07. The summed E-state index contributed by atoms with van der Waals surface area (Å²) in [4.78, 5) is 15.4. The average molecular weight is 716 g/mol. The third kappa shape index (κ3) is 5.21. The second-order valence-electron chi connectivity index (χ2n) is 14.1. The fourth-order valence-corrected chi connectivity index (χ4v) is 8.22. The molecule has 3 aromatic heterocycles. The molecule has 0 unspecified atom stereocenters. The van der Waals surface area contributed by atoms with E-state index in [2.05, 4.69) is 185 Å². The largest absolute Gasteiger partial charge is 0.307 e. The molecule has 0 spiro atoms. The standard InChI is InChI=1S/C51H33N5/c1-4-16-34(17-5-1)36-20-14-21-37(32-36)50-52-49(35-18-6-2-7-19-35)53-51(54-50)38-22-15-25-40(33-38)56-46-29-13-11-27-42(46)44-31-30-43-41-26-10-12-28-45(41)55(47(43)48(44)56)39-23-8-3-9-24-39/h1-33H. The van der Waals surface area contributed by atoms with Gasteiger partial charge in [-0.15, -0.1) is 0 Å². The molecule has 5 nitrogen and oxygen atoms in total. The Kier molecular flexibility index (Phi) is 7.42. The first-order valence-electron chi connectivity index (χ1n) is 18.9. The second kappa shape index (κ2) is 13.0. The molecule has 0 saturated carbocycles. The van der Waals surface area contributed by atoms with E-state index in [1.165, 1.54) is 32.6 Å². The maximum Gasteiger partial charge on any atom is 0.164 e. The molecule has 0 atom stereocenters. The zero-order valence-electron chi connectivity index (χ0n) is 30.3. The Labute approximate surface area is 323 Å². The molecule has 0 bridgehead atoms. The van der Waals surface area contributed by atoms with Crippen molar-refractivity contribution < 1.29 is 0 Å². The molecular formula is C51H33N5. The van der Waals surface area contributed by atoms with Gasteiger partial charge in [0, 0.05) is 49.6 Å². The Morgan fingerprint density at radius 2 is 0.679 bits per heavy atom. The molecule has 56 heavy (non-hydrogen) atoms. The first-order valence-corrected chi connectivity index (χ1v) is 18.9. The minimum Gasteiger partial charge on any atom is -0.307 e. The predicted octanol–water partition coefficient (Wildman–Crippen LogP) is 12.7. The van der Waals surface area contributed by atoms with Gasteiger partial charge in [-0.25, -0.2) is 15.0 Å². The van der Waals surface area contributed by atoms with Crippen molar-refractivity contribution in [2.75, 3.05) is 0 Å². The third-order valence-electron chi connectivity index (χ3n) is 10.7. The van der Waals surface area contributed by atoms with Crippen molar-refractivity contribution in [3.8, 4) is 56.7 Å². The molecule has 0 aliphatic heterocycles. The van der Waals surface area contributed by atoms with Crippen LogP contribution in [0, 0.1) is 0 Å². The Balaban J connectivity index is 1.16. The summed E-state index contributed by atoms with van der Waals surface area (Å²) < 4.78 is 4.83. The number of benzene rings is 8. The highest BCUT2D eigenvalue weighted by molar-refractivity contribution is 6.23. The average Bonchev–Trinajstić information content (AvgIpc) is 3.80. The monoisotopic (exact) mass is 715 g/mol. The molecule has 11 rings (SSSR count). The van der Waals surface area contributed by atoms with Gasteiger partial charge in [0.05, 0.1) is 22.1 Å². The van der Waals surface area contributed by atoms with Crippen molar-refractivity contribution in [1.82, 2.24) is 24.1 Å². The smallest absolute Gasteiger partial charge is 0.164 e. The van der Waals surface area contributed by atoms with E-state index in [1.807, 2.05) is 24.3 Å². The van der Waals surface area contributed by atoms with Crippen LogP contribution >= 0.6 is 0 Å². The first-order chi connectivity index (χ1) is 27.8. The van der Waals surface area contributed by atoms with Crippen molar-refractivity contribution >= 4 is 43.6 Å². The fourth-order valence-electron chi connectivity index (χ4n) is 8.22. The van der Waals surface area contributed by atoms with E-state index in [0.717, 1.165) is 50.2 Å². The van der Waals surface area contributed by atoms with Crippen LogP contribution in [-0.2, 0) is 0 Å². The Morgan fingerprint density at radius 1 is 0.268 bits per heavy atom. The van der Waals surface area contributed by atoms with E-state index < -0.39 is 0 Å². The highest BCUT2D eigenvalue weighted by Crippen LogP contribution is 2.42. The van der Waals surface area contributed by atoms with E-state index in [9.17, 15) is 0 Å². The minimum absolute atomic E-state index is 0.616. The molecule has 0 N–H and O–H groups in total. The lowest BCUT2D eigenvalue weighted by Crippen LogP contribution is -2.02. The number of hydrogen-bond donors (Lipinski definition) is 0. The van der Waals surface area contributed by atoms with Crippen molar-refractivity contribution in [3.63, 3.8) is 0 Å². The second-order valence-corrected chi connectivity index (χ2v) is 14.1. The van der Waals surface area contributed by atoms with Gasteiger partial charge in [0.25, 0.3) is 0 Å². The summed E-state index contributed by atoms with van der Waals surface area (Å²) in [6.07, 6.45) is 0. The Morgan fingerprint density at radius 3 is 1.29 bits per heavy atom. The van der Waals surface area contributed by atoms with Crippen LogP contribution in [0.5, 0.6) is 0 Å².